The van der Waals surface area contributed by atoms with E-state index in [0.29, 0.717) is 6.61 Å². The maximum atomic E-state index is 6.01. The summed E-state index contributed by atoms with van der Waals surface area (Å²) >= 11 is 0. The summed E-state index contributed by atoms with van der Waals surface area (Å²) in [5.74, 6) is 0. The summed E-state index contributed by atoms with van der Waals surface area (Å²) in [7, 11) is 0. The predicted molar refractivity (Wildman–Crippen MR) is 112 cm³/mol. The number of rotatable bonds is 14. The SMILES string of the molecule is C=CC(CCCCOCc1ccccc1)NOC(CCC)c1ccccc1. The first-order valence-electron chi connectivity index (χ1n) is 10.0. The molecule has 0 bridgehead atoms. The van der Waals surface area contributed by atoms with Crippen LogP contribution in [-0.2, 0) is 16.2 Å². The van der Waals surface area contributed by atoms with Gasteiger partial charge in [-0.3, -0.25) is 4.84 Å². The van der Waals surface area contributed by atoms with E-state index in [1.165, 1.54) is 11.1 Å². The second-order valence-corrected chi connectivity index (χ2v) is 6.80. The van der Waals surface area contributed by atoms with E-state index in [1.54, 1.807) is 0 Å². The lowest BCUT2D eigenvalue weighted by Crippen LogP contribution is -2.29. The minimum Gasteiger partial charge on any atom is -0.377 e. The lowest BCUT2D eigenvalue weighted by Gasteiger charge is -2.21. The zero-order valence-electron chi connectivity index (χ0n) is 16.5. The van der Waals surface area contributed by atoms with Crippen molar-refractivity contribution in [3.8, 4) is 0 Å². The van der Waals surface area contributed by atoms with Crippen LogP contribution in [0.2, 0.25) is 0 Å². The smallest absolute Gasteiger partial charge is 0.104 e. The Labute approximate surface area is 164 Å². The van der Waals surface area contributed by atoms with E-state index < -0.39 is 0 Å². The molecular formula is C24H33NO2. The number of ether oxygens (including phenoxy) is 1. The van der Waals surface area contributed by atoms with E-state index in [0.717, 1.165) is 38.7 Å². The number of hydrogen-bond acceptors (Lipinski definition) is 3. The van der Waals surface area contributed by atoms with Gasteiger partial charge >= 0.3 is 0 Å². The molecule has 3 heteroatoms. The minimum atomic E-state index is 0.0767. The molecule has 0 radical (unpaired) electrons. The highest BCUT2D eigenvalue weighted by atomic mass is 16.7. The molecule has 146 valence electrons. The molecule has 2 aromatic carbocycles. The van der Waals surface area contributed by atoms with E-state index in [1.807, 2.05) is 30.3 Å². The molecule has 0 fully saturated rings. The van der Waals surface area contributed by atoms with Crippen LogP contribution >= 0.6 is 0 Å². The first-order valence-corrected chi connectivity index (χ1v) is 10.0. The van der Waals surface area contributed by atoms with E-state index in [2.05, 4.69) is 55.4 Å². The van der Waals surface area contributed by atoms with Gasteiger partial charge in [0, 0.05) is 12.6 Å². The van der Waals surface area contributed by atoms with Crippen molar-refractivity contribution >= 4 is 0 Å². The molecule has 3 nitrogen and oxygen atoms in total. The van der Waals surface area contributed by atoms with Crippen molar-refractivity contribution in [1.82, 2.24) is 5.48 Å². The van der Waals surface area contributed by atoms with Gasteiger partial charge in [-0.25, -0.2) is 0 Å². The molecule has 2 rings (SSSR count). The van der Waals surface area contributed by atoms with E-state index in [-0.39, 0.29) is 12.1 Å². The molecule has 1 N–H and O–H groups in total. The first-order chi connectivity index (χ1) is 13.3. The Kier molecular flexibility index (Phi) is 10.5. The lowest BCUT2D eigenvalue weighted by atomic mass is 10.1. The summed E-state index contributed by atoms with van der Waals surface area (Å²) in [5, 5.41) is 0. The van der Waals surface area contributed by atoms with Crippen LogP contribution in [0.15, 0.2) is 73.3 Å². The standard InChI is InChI=1S/C24H33NO2/c1-3-13-24(22-16-9-6-10-17-22)27-25-23(4-2)18-11-12-19-26-20-21-14-7-5-8-15-21/h4-10,14-17,23-25H,2-3,11-13,18-20H2,1H3. The van der Waals surface area contributed by atoms with E-state index >= 15 is 0 Å². The first kappa shape index (κ1) is 21.4. The summed E-state index contributed by atoms with van der Waals surface area (Å²) in [6.45, 7) is 7.58. The van der Waals surface area contributed by atoms with Crippen LogP contribution < -0.4 is 5.48 Å². The predicted octanol–water partition coefficient (Wildman–Crippen LogP) is 5.99. The number of benzene rings is 2. The highest BCUT2D eigenvalue weighted by Gasteiger charge is 2.13. The molecule has 0 saturated heterocycles. The van der Waals surface area contributed by atoms with Gasteiger partial charge in [0.2, 0.25) is 0 Å². The van der Waals surface area contributed by atoms with Gasteiger partial charge in [0.1, 0.15) is 6.10 Å². The Morgan fingerprint density at radius 1 is 0.963 bits per heavy atom. The van der Waals surface area contributed by atoms with Crippen LogP contribution in [0.3, 0.4) is 0 Å². The van der Waals surface area contributed by atoms with Gasteiger partial charge in [-0.15, -0.1) is 6.58 Å². The molecule has 0 aliphatic rings. The third-order valence-electron chi connectivity index (χ3n) is 4.53. The Bertz CT molecular complexity index is 615. The second kappa shape index (κ2) is 13.3. The van der Waals surface area contributed by atoms with E-state index in [4.69, 9.17) is 9.57 Å². The number of nitrogens with one attached hydrogen (secondary N) is 1. The van der Waals surface area contributed by atoms with Gasteiger partial charge in [0.15, 0.2) is 0 Å². The Morgan fingerprint density at radius 3 is 2.33 bits per heavy atom. The van der Waals surface area contributed by atoms with Crippen molar-refractivity contribution in [2.24, 2.45) is 0 Å². The van der Waals surface area contributed by atoms with Gasteiger partial charge in [-0.05, 0) is 36.8 Å². The van der Waals surface area contributed by atoms with Crippen molar-refractivity contribution in [2.45, 2.75) is 57.8 Å². The molecule has 0 spiro atoms. The monoisotopic (exact) mass is 367 g/mol. The van der Waals surface area contributed by atoms with Gasteiger partial charge in [0.05, 0.1) is 6.61 Å². The highest BCUT2D eigenvalue weighted by molar-refractivity contribution is 5.17. The summed E-state index contributed by atoms with van der Waals surface area (Å²) in [5.41, 5.74) is 5.64. The number of unbranched alkanes of at least 4 members (excludes halogenated alkanes) is 1. The van der Waals surface area contributed by atoms with E-state index in [9.17, 15) is 0 Å². The third-order valence-corrected chi connectivity index (χ3v) is 4.53. The van der Waals surface area contributed by atoms with Crippen LogP contribution in [0.1, 0.15) is 56.3 Å². The van der Waals surface area contributed by atoms with Crippen LogP contribution in [0.25, 0.3) is 0 Å². The molecule has 0 saturated carbocycles. The van der Waals surface area contributed by atoms with Crippen LogP contribution in [-0.4, -0.2) is 12.6 Å². The second-order valence-electron chi connectivity index (χ2n) is 6.80. The van der Waals surface area contributed by atoms with Crippen molar-refractivity contribution in [3.63, 3.8) is 0 Å². The third kappa shape index (κ3) is 8.53. The van der Waals surface area contributed by atoms with Crippen LogP contribution in [0.5, 0.6) is 0 Å². The molecule has 2 aromatic rings. The Morgan fingerprint density at radius 2 is 1.67 bits per heavy atom. The zero-order chi connectivity index (χ0) is 19.2. The number of hydrogen-bond donors (Lipinski definition) is 1. The summed E-state index contributed by atoms with van der Waals surface area (Å²) in [6, 6.07) is 20.8. The molecule has 2 atom stereocenters. The Hall–Kier alpha value is -1.94. The van der Waals surface area contributed by atoms with Crippen LogP contribution in [0, 0.1) is 0 Å². The lowest BCUT2D eigenvalue weighted by molar-refractivity contribution is -0.0439. The molecule has 0 amide bonds. The fourth-order valence-electron chi connectivity index (χ4n) is 2.95. The molecule has 0 aromatic heterocycles. The molecule has 27 heavy (non-hydrogen) atoms. The van der Waals surface area contributed by atoms with Crippen molar-refractivity contribution < 1.29 is 9.57 Å². The van der Waals surface area contributed by atoms with Crippen molar-refractivity contribution in [2.75, 3.05) is 6.61 Å². The minimum absolute atomic E-state index is 0.0767. The topological polar surface area (TPSA) is 30.5 Å². The molecule has 2 unspecified atom stereocenters. The molecule has 0 aliphatic carbocycles. The maximum Gasteiger partial charge on any atom is 0.104 e. The quantitative estimate of drug-likeness (QED) is 0.253. The normalized spacial score (nSPS) is 13.2. The summed E-state index contributed by atoms with van der Waals surface area (Å²) in [4.78, 5) is 6.01. The zero-order valence-corrected chi connectivity index (χ0v) is 16.5. The largest absolute Gasteiger partial charge is 0.377 e. The van der Waals surface area contributed by atoms with Gasteiger partial charge in [-0.1, -0.05) is 80.1 Å². The fraction of sp³-hybridized carbons (Fsp3) is 0.417. The molecule has 0 aliphatic heterocycles. The molecular weight excluding hydrogens is 334 g/mol. The average molecular weight is 368 g/mol. The van der Waals surface area contributed by atoms with Gasteiger partial charge in [0.25, 0.3) is 0 Å². The highest BCUT2D eigenvalue weighted by Crippen LogP contribution is 2.21. The van der Waals surface area contributed by atoms with Crippen LogP contribution in [0.4, 0.5) is 0 Å². The Balaban J connectivity index is 1.63. The fourth-order valence-corrected chi connectivity index (χ4v) is 2.95. The summed E-state index contributed by atoms with van der Waals surface area (Å²) in [6.07, 6.45) is 7.19. The average Bonchev–Trinajstić information content (AvgIpc) is 2.73. The summed E-state index contributed by atoms with van der Waals surface area (Å²) < 4.78 is 5.75. The van der Waals surface area contributed by atoms with Gasteiger partial charge in [-0.2, -0.15) is 5.48 Å². The maximum absolute atomic E-state index is 6.01. The number of hydroxylamine groups is 1. The van der Waals surface area contributed by atoms with Crippen molar-refractivity contribution in [3.05, 3.63) is 84.4 Å². The van der Waals surface area contributed by atoms with Gasteiger partial charge < -0.3 is 4.74 Å². The molecule has 0 heterocycles. The van der Waals surface area contributed by atoms with Crippen molar-refractivity contribution in [1.29, 1.82) is 0 Å².